The second-order valence-electron chi connectivity index (χ2n) is 7.06. The Morgan fingerprint density at radius 1 is 1.07 bits per heavy atom. The van der Waals surface area contributed by atoms with E-state index in [1.165, 1.54) is 0 Å². The van der Waals surface area contributed by atoms with Gasteiger partial charge in [0.2, 0.25) is 5.95 Å². The van der Waals surface area contributed by atoms with Gasteiger partial charge >= 0.3 is 0 Å². The maximum atomic E-state index is 6.62. The van der Waals surface area contributed by atoms with E-state index in [2.05, 4.69) is 26.8 Å². The van der Waals surface area contributed by atoms with Crippen molar-refractivity contribution >= 4 is 46.2 Å². The monoisotopic (exact) mass is 452 g/mol. The number of halogens is 2. The highest BCUT2D eigenvalue weighted by Gasteiger charge is 2.41. The number of benzene rings is 2. The standard InChI is InChI=1S/C22H14Cl2N4OS/c23-12-7-8-16-14(10-12)19-18(21(29-16)13-4-1-2-5-15(13)24)20(17-6-3-9-30-17)28-22(27-19)25-11-26-28/h1-11,20-21H,(H,25,26,27)/t20-,21-/m1/s1. The van der Waals surface area contributed by atoms with Crippen LogP contribution >= 0.6 is 34.5 Å². The van der Waals surface area contributed by atoms with Crippen molar-refractivity contribution in [2.45, 2.75) is 12.1 Å². The van der Waals surface area contributed by atoms with Crippen molar-refractivity contribution in [2.75, 3.05) is 5.32 Å². The van der Waals surface area contributed by atoms with Gasteiger partial charge in [-0.3, -0.25) is 0 Å². The van der Waals surface area contributed by atoms with Crippen molar-refractivity contribution < 1.29 is 4.74 Å². The Bertz CT molecular complexity index is 1300. The van der Waals surface area contributed by atoms with E-state index >= 15 is 0 Å². The molecule has 2 aliphatic rings. The number of hydrogen-bond donors (Lipinski definition) is 1. The van der Waals surface area contributed by atoms with Crippen LogP contribution in [0.3, 0.4) is 0 Å². The van der Waals surface area contributed by atoms with Gasteiger partial charge in [-0.1, -0.05) is 47.5 Å². The van der Waals surface area contributed by atoms with Crippen LogP contribution in [0.2, 0.25) is 10.0 Å². The predicted molar refractivity (Wildman–Crippen MR) is 119 cm³/mol. The first-order chi connectivity index (χ1) is 14.7. The highest BCUT2D eigenvalue weighted by molar-refractivity contribution is 7.10. The molecule has 4 aromatic rings. The van der Waals surface area contributed by atoms with Crippen LogP contribution in [0.4, 0.5) is 5.95 Å². The largest absolute Gasteiger partial charge is 0.480 e. The second-order valence-corrected chi connectivity index (χ2v) is 8.88. The highest BCUT2D eigenvalue weighted by atomic mass is 35.5. The molecule has 0 bridgehead atoms. The summed E-state index contributed by atoms with van der Waals surface area (Å²) < 4.78 is 8.44. The minimum atomic E-state index is -0.390. The number of anilines is 1. The van der Waals surface area contributed by atoms with Gasteiger partial charge in [0, 0.05) is 31.6 Å². The average molecular weight is 453 g/mol. The molecular formula is C22H14Cl2N4OS. The zero-order valence-electron chi connectivity index (χ0n) is 15.4. The minimum Gasteiger partial charge on any atom is -0.480 e. The molecular weight excluding hydrogens is 439 g/mol. The number of fused-ring (bicyclic) bond motifs is 3. The van der Waals surface area contributed by atoms with E-state index < -0.39 is 0 Å². The molecule has 2 atom stereocenters. The van der Waals surface area contributed by atoms with Crippen LogP contribution < -0.4 is 10.1 Å². The number of rotatable bonds is 2. The van der Waals surface area contributed by atoms with Crippen LogP contribution in [0.5, 0.6) is 5.75 Å². The number of thiophene rings is 1. The van der Waals surface area contributed by atoms with Crippen molar-refractivity contribution in [3.63, 3.8) is 0 Å². The highest BCUT2D eigenvalue weighted by Crippen LogP contribution is 2.52. The molecule has 0 saturated carbocycles. The Morgan fingerprint density at radius 3 is 2.80 bits per heavy atom. The fourth-order valence-electron chi connectivity index (χ4n) is 4.11. The maximum absolute atomic E-state index is 6.62. The van der Waals surface area contributed by atoms with Gasteiger partial charge in [-0.2, -0.15) is 10.1 Å². The molecule has 4 heterocycles. The molecule has 2 aliphatic heterocycles. The molecule has 0 unspecified atom stereocenters. The van der Waals surface area contributed by atoms with E-state index in [-0.39, 0.29) is 12.1 Å². The van der Waals surface area contributed by atoms with Crippen molar-refractivity contribution in [1.82, 2.24) is 14.8 Å². The number of nitrogens with one attached hydrogen (secondary N) is 1. The Hall–Kier alpha value is -2.80. The molecule has 0 fully saturated rings. The number of nitrogens with zero attached hydrogens (tertiary/aromatic N) is 3. The summed E-state index contributed by atoms with van der Waals surface area (Å²) in [6.45, 7) is 0. The Kier molecular flexibility index (Phi) is 4.13. The molecule has 1 N–H and O–H groups in total. The zero-order valence-corrected chi connectivity index (χ0v) is 17.7. The third-order valence-corrected chi connectivity index (χ3v) is 6.88. The van der Waals surface area contributed by atoms with Crippen molar-refractivity contribution in [1.29, 1.82) is 0 Å². The van der Waals surface area contributed by atoms with Crippen LogP contribution in [0, 0.1) is 0 Å². The summed E-state index contributed by atoms with van der Waals surface area (Å²) in [6.07, 6.45) is 1.17. The normalized spacial score (nSPS) is 19.4. The molecule has 0 radical (unpaired) electrons. The van der Waals surface area contributed by atoms with Gasteiger partial charge in [-0.05, 0) is 35.7 Å². The second kappa shape index (κ2) is 6.87. The van der Waals surface area contributed by atoms with E-state index in [1.807, 2.05) is 53.2 Å². The van der Waals surface area contributed by atoms with Gasteiger partial charge in [0.25, 0.3) is 0 Å². The lowest BCUT2D eigenvalue weighted by Gasteiger charge is -2.38. The molecule has 0 amide bonds. The third-order valence-electron chi connectivity index (χ3n) is 5.38. The number of aromatic nitrogens is 3. The van der Waals surface area contributed by atoms with Crippen LogP contribution in [0.1, 0.15) is 28.1 Å². The van der Waals surface area contributed by atoms with Crippen LogP contribution in [0.25, 0.3) is 5.70 Å². The third kappa shape index (κ3) is 2.68. The van der Waals surface area contributed by atoms with Gasteiger partial charge in [-0.15, -0.1) is 11.3 Å². The van der Waals surface area contributed by atoms with E-state index in [1.54, 1.807) is 17.7 Å². The lowest BCUT2D eigenvalue weighted by molar-refractivity contribution is 0.223. The molecule has 0 spiro atoms. The average Bonchev–Trinajstić information content (AvgIpc) is 3.44. The predicted octanol–water partition coefficient (Wildman–Crippen LogP) is 6.21. The Morgan fingerprint density at radius 2 is 1.97 bits per heavy atom. The molecule has 148 valence electrons. The summed E-state index contributed by atoms with van der Waals surface area (Å²) in [6, 6.07) is 17.4. The zero-order chi connectivity index (χ0) is 20.2. The van der Waals surface area contributed by atoms with E-state index in [9.17, 15) is 0 Å². The van der Waals surface area contributed by atoms with Crippen molar-refractivity contribution in [3.8, 4) is 5.75 Å². The maximum Gasteiger partial charge on any atom is 0.226 e. The summed E-state index contributed by atoms with van der Waals surface area (Å²) in [7, 11) is 0. The van der Waals surface area contributed by atoms with E-state index in [0.717, 1.165) is 33.0 Å². The van der Waals surface area contributed by atoms with Crippen LogP contribution in [-0.4, -0.2) is 14.8 Å². The van der Waals surface area contributed by atoms with Gasteiger partial charge in [0.05, 0.1) is 5.70 Å². The molecule has 8 heteroatoms. The molecule has 5 nitrogen and oxygen atoms in total. The van der Waals surface area contributed by atoms with Crippen molar-refractivity contribution in [3.05, 3.63) is 97.9 Å². The first kappa shape index (κ1) is 18.0. The van der Waals surface area contributed by atoms with E-state index in [0.29, 0.717) is 16.0 Å². The number of ether oxygens (including phenoxy) is 1. The first-order valence-electron chi connectivity index (χ1n) is 9.35. The summed E-state index contributed by atoms with van der Waals surface area (Å²) in [5, 5.41) is 11.3. The quantitative estimate of drug-likeness (QED) is 0.392. The summed E-state index contributed by atoms with van der Waals surface area (Å²) >= 11 is 14.6. The van der Waals surface area contributed by atoms with Gasteiger partial charge in [0.15, 0.2) is 6.10 Å². The van der Waals surface area contributed by atoms with E-state index in [4.69, 9.17) is 27.9 Å². The lowest BCUT2D eigenvalue weighted by Crippen LogP contribution is -2.32. The summed E-state index contributed by atoms with van der Waals surface area (Å²) in [5.74, 6) is 1.42. The Labute approximate surface area is 186 Å². The molecule has 30 heavy (non-hydrogen) atoms. The van der Waals surface area contributed by atoms with Gasteiger partial charge < -0.3 is 10.1 Å². The van der Waals surface area contributed by atoms with Crippen LogP contribution in [-0.2, 0) is 0 Å². The minimum absolute atomic E-state index is 0.174. The molecule has 0 aliphatic carbocycles. The molecule has 2 aromatic heterocycles. The SMILES string of the molecule is Clc1ccc2c(c1)C1=C([C@@H](c3ccccc3Cl)O2)[C@@H](c2cccs2)n2ncnc2N1. The molecule has 6 rings (SSSR count). The molecule has 2 aromatic carbocycles. The van der Waals surface area contributed by atoms with Crippen LogP contribution in [0.15, 0.2) is 71.9 Å². The lowest BCUT2D eigenvalue weighted by atomic mass is 9.87. The smallest absolute Gasteiger partial charge is 0.226 e. The number of hydrogen-bond acceptors (Lipinski definition) is 5. The summed E-state index contributed by atoms with van der Waals surface area (Å²) in [5.41, 5.74) is 3.76. The first-order valence-corrected chi connectivity index (χ1v) is 11.0. The topological polar surface area (TPSA) is 52.0 Å². The summed E-state index contributed by atoms with van der Waals surface area (Å²) in [4.78, 5) is 5.57. The van der Waals surface area contributed by atoms with Crippen molar-refractivity contribution in [2.24, 2.45) is 0 Å². The van der Waals surface area contributed by atoms with Gasteiger partial charge in [-0.25, -0.2) is 4.68 Å². The molecule has 0 saturated heterocycles. The fraction of sp³-hybridized carbons (Fsp3) is 0.0909. The fourth-order valence-corrected chi connectivity index (χ4v) is 5.34. The van der Waals surface area contributed by atoms with Gasteiger partial charge in [0.1, 0.15) is 18.1 Å². The Balaban J connectivity index is 1.66.